The summed E-state index contributed by atoms with van der Waals surface area (Å²) in [6.45, 7) is 1.61. The van der Waals surface area contributed by atoms with Gasteiger partial charge in [0.1, 0.15) is 0 Å². The van der Waals surface area contributed by atoms with Crippen LogP contribution in [0.4, 0.5) is 0 Å². The fraction of sp³-hybridized carbons (Fsp3) is 0.833. The molecule has 0 bridgehead atoms. The highest BCUT2D eigenvalue weighted by molar-refractivity contribution is 7.81. The number of primary amides is 1. The van der Waals surface area contributed by atoms with Gasteiger partial charge in [-0.15, -0.1) is 0 Å². The first-order valence-corrected chi connectivity index (χ1v) is 4.62. The topological polar surface area (TPSA) is 55.1 Å². The molecule has 1 atom stereocenters. The number of carbonyl (C=O) groups excluding carboxylic acids is 1. The maximum Gasteiger partial charge on any atom is 0.230 e. The van der Waals surface area contributed by atoms with Crippen molar-refractivity contribution in [3.63, 3.8) is 0 Å². The van der Waals surface area contributed by atoms with Gasteiger partial charge in [0.2, 0.25) is 5.91 Å². The van der Waals surface area contributed by atoms with Crippen LogP contribution in [0, 0.1) is 0 Å². The van der Waals surface area contributed by atoms with Crippen molar-refractivity contribution < 1.29 is 4.79 Å². The summed E-state index contributed by atoms with van der Waals surface area (Å²) < 4.78 is 0. The van der Waals surface area contributed by atoms with Crippen molar-refractivity contribution in [3.8, 4) is 0 Å². The number of amides is 1. The Morgan fingerprint density at radius 1 is 1.55 bits per heavy atom. The number of hydrogen-bond acceptors (Lipinski definition) is 4. The largest absolute Gasteiger partial charge is 0.369 e. The lowest BCUT2D eigenvalue weighted by Gasteiger charge is -2.05. The van der Waals surface area contributed by atoms with E-state index in [-0.39, 0.29) is 11.2 Å². The third-order valence-electron chi connectivity index (χ3n) is 1.21. The Kier molecular flexibility index (Phi) is 6.90. The SMILES string of the molecule is NC(=O)C(S)CCNCCS. The van der Waals surface area contributed by atoms with Crippen LogP contribution < -0.4 is 11.1 Å². The molecule has 0 aromatic rings. The van der Waals surface area contributed by atoms with E-state index in [1.54, 1.807) is 0 Å². The van der Waals surface area contributed by atoms with Gasteiger partial charge in [-0.1, -0.05) is 0 Å². The van der Waals surface area contributed by atoms with Crippen LogP contribution in [0.15, 0.2) is 0 Å². The second-order valence-electron chi connectivity index (χ2n) is 2.18. The lowest BCUT2D eigenvalue weighted by molar-refractivity contribution is -0.117. The van der Waals surface area contributed by atoms with E-state index in [2.05, 4.69) is 30.6 Å². The molecule has 0 heterocycles. The zero-order valence-corrected chi connectivity index (χ0v) is 8.07. The standard InChI is InChI=1S/C6H14N2OS2/c7-6(9)5(11)1-2-8-3-4-10/h5,8,10-11H,1-4H2,(H2,7,9). The molecule has 0 spiro atoms. The fourth-order valence-electron chi connectivity index (χ4n) is 0.585. The molecule has 66 valence electrons. The van der Waals surface area contributed by atoms with E-state index in [4.69, 9.17) is 5.73 Å². The Hall–Kier alpha value is 0.130. The van der Waals surface area contributed by atoms with Gasteiger partial charge in [0, 0.05) is 12.3 Å². The van der Waals surface area contributed by atoms with Crippen LogP contribution >= 0.6 is 25.3 Å². The van der Waals surface area contributed by atoms with Crippen LogP contribution in [0.1, 0.15) is 6.42 Å². The molecule has 1 amide bonds. The van der Waals surface area contributed by atoms with Gasteiger partial charge in [0.25, 0.3) is 0 Å². The summed E-state index contributed by atoms with van der Waals surface area (Å²) in [5.41, 5.74) is 4.99. The average molecular weight is 194 g/mol. The molecular weight excluding hydrogens is 180 g/mol. The molecule has 11 heavy (non-hydrogen) atoms. The summed E-state index contributed by atoms with van der Waals surface area (Å²) in [6.07, 6.45) is 0.673. The molecule has 0 radical (unpaired) electrons. The van der Waals surface area contributed by atoms with Crippen LogP contribution in [0.5, 0.6) is 0 Å². The number of nitrogens with two attached hydrogens (primary N) is 1. The van der Waals surface area contributed by atoms with Crippen molar-refractivity contribution in [2.75, 3.05) is 18.8 Å². The van der Waals surface area contributed by atoms with Crippen molar-refractivity contribution in [2.24, 2.45) is 5.73 Å². The van der Waals surface area contributed by atoms with Crippen molar-refractivity contribution in [1.29, 1.82) is 0 Å². The molecule has 0 fully saturated rings. The summed E-state index contributed by atoms with van der Waals surface area (Å²) in [6, 6.07) is 0. The molecule has 0 aliphatic rings. The third kappa shape index (κ3) is 6.52. The summed E-state index contributed by atoms with van der Waals surface area (Å²) in [4.78, 5) is 10.5. The first-order chi connectivity index (χ1) is 5.18. The number of carbonyl (C=O) groups is 1. The minimum atomic E-state index is -0.360. The zero-order chi connectivity index (χ0) is 8.69. The summed E-state index contributed by atoms with van der Waals surface area (Å²) in [7, 11) is 0. The lowest BCUT2D eigenvalue weighted by Crippen LogP contribution is -2.28. The van der Waals surface area contributed by atoms with Crippen LogP contribution in [-0.2, 0) is 4.79 Å². The minimum absolute atomic E-state index is 0.331. The summed E-state index contributed by atoms with van der Waals surface area (Å²) in [5.74, 6) is 0.439. The normalized spacial score (nSPS) is 12.9. The molecule has 3 N–H and O–H groups in total. The molecule has 0 aromatic heterocycles. The van der Waals surface area contributed by atoms with Gasteiger partial charge in [-0.05, 0) is 13.0 Å². The van der Waals surface area contributed by atoms with Gasteiger partial charge in [0.05, 0.1) is 5.25 Å². The third-order valence-corrected chi connectivity index (χ3v) is 1.95. The van der Waals surface area contributed by atoms with Gasteiger partial charge in [-0.2, -0.15) is 25.3 Å². The first-order valence-electron chi connectivity index (χ1n) is 3.47. The summed E-state index contributed by atoms with van der Waals surface area (Å²) >= 11 is 8.01. The van der Waals surface area contributed by atoms with Gasteiger partial charge in [0.15, 0.2) is 0 Å². The number of hydrogen-bond donors (Lipinski definition) is 4. The zero-order valence-electron chi connectivity index (χ0n) is 6.29. The van der Waals surface area contributed by atoms with Crippen LogP contribution in [0.3, 0.4) is 0 Å². The average Bonchev–Trinajstić information content (AvgIpc) is 1.97. The van der Waals surface area contributed by atoms with Crippen LogP contribution in [0.25, 0.3) is 0 Å². The van der Waals surface area contributed by atoms with Gasteiger partial charge < -0.3 is 11.1 Å². The van der Waals surface area contributed by atoms with E-state index in [0.29, 0.717) is 6.42 Å². The molecule has 0 aliphatic heterocycles. The van der Waals surface area contributed by atoms with Crippen molar-refractivity contribution >= 4 is 31.2 Å². The second-order valence-corrected chi connectivity index (χ2v) is 3.25. The maximum absolute atomic E-state index is 10.5. The fourth-order valence-corrected chi connectivity index (χ4v) is 0.872. The van der Waals surface area contributed by atoms with Gasteiger partial charge in [-0.25, -0.2) is 0 Å². The van der Waals surface area contributed by atoms with E-state index < -0.39 is 0 Å². The Morgan fingerprint density at radius 2 is 2.18 bits per heavy atom. The maximum atomic E-state index is 10.5. The number of rotatable bonds is 6. The molecule has 0 aliphatic carbocycles. The quantitative estimate of drug-likeness (QED) is 0.346. The monoisotopic (exact) mass is 194 g/mol. The van der Waals surface area contributed by atoms with Crippen LogP contribution in [-0.4, -0.2) is 30.0 Å². The summed E-state index contributed by atoms with van der Waals surface area (Å²) in [5, 5.41) is 2.76. The van der Waals surface area contributed by atoms with Crippen LogP contribution in [0.2, 0.25) is 0 Å². The molecule has 3 nitrogen and oxygen atoms in total. The van der Waals surface area contributed by atoms with E-state index >= 15 is 0 Å². The number of nitrogens with one attached hydrogen (secondary N) is 1. The molecule has 0 rings (SSSR count). The van der Waals surface area contributed by atoms with Crippen molar-refractivity contribution in [3.05, 3.63) is 0 Å². The minimum Gasteiger partial charge on any atom is -0.369 e. The molecule has 0 aromatic carbocycles. The Labute approximate surface area is 77.9 Å². The molecule has 5 heteroatoms. The van der Waals surface area contributed by atoms with E-state index in [1.165, 1.54) is 0 Å². The molecule has 1 unspecified atom stereocenters. The predicted octanol–water partition coefficient (Wildman–Crippen LogP) is -0.320. The highest BCUT2D eigenvalue weighted by atomic mass is 32.1. The Morgan fingerprint density at radius 3 is 2.64 bits per heavy atom. The molecule has 0 saturated carbocycles. The van der Waals surface area contributed by atoms with E-state index in [9.17, 15) is 4.79 Å². The smallest absolute Gasteiger partial charge is 0.230 e. The Bertz CT molecular complexity index is 121. The molecular formula is C6H14N2OS2. The highest BCUT2D eigenvalue weighted by Gasteiger charge is 2.07. The van der Waals surface area contributed by atoms with Gasteiger partial charge >= 0.3 is 0 Å². The van der Waals surface area contributed by atoms with Crippen molar-refractivity contribution in [1.82, 2.24) is 5.32 Å². The first kappa shape index (κ1) is 11.1. The molecule has 0 saturated heterocycles. The van der Waals surface area contributed by atoms with Crippen molar-refractivity contribution in [2.45, 2.75) is 11.7 Å². The highest BCUT2D eigenvalue weighted by Crippen LogP contribution is 1.97. The Balaban J connectivity index is 3.17. The second kappa shape index (κ2) is 6.82. The lowest BCUT2D eigenvalue weighted by atomic mass is 10.3. The predicted molar refractivity (Wildman–Crippen MR) is 53.3 cm³/mol. The van der Waals surface area contributed by atoms with E-state index in [0.717, 1.165) is 18.8 Å². The van der Waals surface area contributed by atoms with E-state index in [1.807, 2.05) is 0 Å². The number of thiol groups is 2. The van der Waals surface area contributed by atoms with Gasteiger partial charge in [-0.3, -0.25) is 4.79 Å².